The highest BCUT2D eigenvalue weighted by molar-refractivity contribution is 9.10. The molecule has 1 aromatic rings. The lowest BCUT2D eigenvalue weighted by Gasteiger charge is -2.08. The van der Waals surface area contributed by atoms with Crippen LogP contribution in [0.1, 0.15) is 5.56 Å². The summed E-state index contributed by atoms with van der Waals surface area (Å²) in [7, 11) is 0. The number of hydrogen-bond acceptors (Lipinski definition) is 3. The van der Waals surface area contributed by atoms with Crippen LogP contribution in [0.2, 0.25) is 0 Å². The molecule has 0 amide bonds. The Balaban J connectivity index is 2.60. The van der Waals surface area contributed by atoms with Crippen LogP contribution in [0.15, 0.2) is 18.2 Å². The summed E-state index contributed by atoms with van der Waals surface area (Å²) in [6.45, 7) is 0.792. The number of nitro benzene ring substituents is 1. The van der Waals surface area contributed by atoms with Crippen molar-refractivity contribution in [2.75, 3.05) is 10.5 Å². The van der Waals surface area contributed by atoms with Gasteiger partial charge in [-0.25, -0.2) is 0 Å². The molecule has 0 bridgehead atoms. The number of nitrogens with zero attached hydrogens (tertiary/aromatic N) is 2. The number of para-hydroxylation sites is 1. The maximum atomic E-state index is 10.7. The Morgan fingerprint density at radius 1 is 1.54 bits per heavy atom. The van der Waals surface area contributed by atoms with Crippen LogP contribution < -0.4 is 3.93 Å². The Hall–Kier alpha value is -1.10. The molecule has 0 aliphatic carbocycles. The van der Waals surface area contributed by atoms with Crippen LogP contribution in [0.3, 0.4) is 0 Å². The molecule has 0 fully saturated rings. The highest BCUT2D eigenvalue weighted by Gasteiger charge is 2.26. The van der Waals surface area contributed by atoms with Gasteiger partial charge in [-0.1, -0.05) is 12.1 Å². The molecule has 1 heterocycles. The van der Waals surface area contributed by atoms with Gasteiger partial charge in [0.2, 0.25) is 0 Å². The van der Waals surface area contributed by atoms with Crippen molar-refractivity contribution in [2.24, 2.45) is 0 Å². The third kappa shape index (κ3) is 1.29. The Morgan fingerprint density at radius 2 is 2.31 bits per heavy atom. The highest BCUT2D eigenvalue weighted by atomic mass is 79.9. The molecule has 1 aromatic carbocycles. The highest BCUT2D eigenvalue weighted by Crippen LogP contribution is 2.38. The number of nitro groups is 1. The molecule has 4 nitrogen and oxygen atoms in total. The summed E-state index contributed by atoms with van der Waals surface area (Å²) < 4.78 is 1.75. The second-order valence-corrected chi connectivity index (χ2v) is 3.73. The van der Waals surface area contributed by atoms with Gasteiger partial charge in [0, 0.05) is 28.8 Å². The van der Waals surface area contributed by atoms with E-state index in [4.69, 9.17) is 0 Å². The predicted octanol–water partition coefficient (Wildman–Crippen LogP) is 2.27. The number of fused-ring (bicyclic) bond motifs is 1. The summed E-state index contributed by atoms with van der Waals surface area (Å²) in [4.78, 5) is 10.3. The first kappa shape index (κ1) is 8.50. The molecular weight excluding hydrogens is 236 g/mol. The molecule has 0 atom stereocenters. The third-order valence-electron chi connectivity index (χ3n) is 2.12. The van der Waals surface area contributed by atoms with Crippen LogP contribution in [0, 0.1) is 10.1 Å². The standard InChI is InChI=1S/C8H7BrN2O2/c9-10-5-4-6-2-1-3-7(8(6)10)11(12)13/h1-3H,4-5H2. The second kappa shape index (κ2) is 2.99. The van der Waals surface area contributed by atoms with Crippen LogP contribution in [-0.2, 0) is 6.42 Å². The quantitative estimate of drug-likeness (QED) is 0.431. The molecular formula is C8H7BrN2O2. The van der Waals surface area contributed by atoms with Gasteiger partial charge in [0.25, 0.3) is 5.69 Å². The van der Waals surface area contributed by atoms with Gasteiger partial charge in [0.15, 0.2) is 0 Å². The molecule has 13 heavy (non-hydrogen) atoms. The molecule has 0 radical (unpaired) electrons. The van der Waals surface area contributed by atoms with Crippen LogP contribution in [0.4, 0.5) is 11.4 Å². The Kier molecular flexibility index (Phi) is 1.95. The smallest absolute Gasteiger partial charge is 0.293 e. The average molecular weight is 243 g/mol. The zero-order valence-electron chi connectivity index (χ0n) is 6.74. The minimum absolute atomic E-state index is 0.173. The molecule has 0 spiro atoms. The van der Waals surface area contributed by atoms with Crippen LogP contribution >= 0.6 is 16.1 Å². The van der Waals surface area contributed by atoms with Crippen molar-refractivity contribution in [2.45, 2.75) is 6.42 Å². The molecule has 5 heteroatoms. The minimum atomic E-state index is -0.349. The molecule has 0 saturated carbocycles. The Bertz CT molecular complexity index is 367. The van der Waals surface area contributed by atoms with Gasteiger partial charge >= 0.3 is 0 Å². The van der Waals surface area contributed by atoms with Crippen LogP contribution in [0.25, 0.3) is 0 Å². The number of halogens is 1. The molecule has 0 N–H and O–H groups in total. The molecule has 0 saturated heterocycles. The van der Waals surface area contributed by atoms with E-state index in [9.17, 15) is 10.1 Å². The topological polar surface area (TPSA) is 46.4 Å². The van der Waals surface area contributed by atoms with Crippen molar-refractivity contribution in [1.82, 2.24) is 0 Å². The van der Waals surface area contributed by atoms with Crippen molar-refractivity contribution in [3.05, 3.63) is 33.9 Å². The SMILES string of the molecule is O=[N+]([O-])c1cccc2c1N(Br)CC2. The summed E-state index contributed by atoms with van der Waals surface area (Å²) in [5.74, 6) is 0. The van der Waals surface area contributed by atoms with Gasteiger partial charge in [0.05, 0.1) is 4.92 Å². The van der Waals surface area contributed by atoms with Crippen molar-refractivity contribution in [1.29, 1.82) is 0 Å². The van der Waals surface area contributed by atoms with E-state index < -0.39 is 0 Å². The van der Waals surface area contributed by atoms with Gasteiger partial charge in [0.1, 0.15) is 5.69 Å². The second-order valence-electron chi connectivity index (χ2n) is 2.88. The summed E-state index contributed by atoms with van der Waals surface area (Å²) in [6, 6.07) is 5.17. The first-order valence-corrected chi connectivity index (χ1v) is 4.60. The maximum Gasteiger partial charge on any atom is 0.293 e. The number of anilines is 1. The molecule has 1 aliphatic rings. The Morgan fingerprint density at radius 3 is 3.00 bits per heavy atom. The van der Waals surface area contributed by atoms with Crippen LogP contribution in [-0.4, -0.2) is 11.5 Å². The average Bonchev–Trinajstić information content (AvgIpc) is 2.48. The normalized spacial score (nSPS) is 14.4. The molecule has 0 aromatic heterocycles. The van der Waals surface area contributed by atoms with E-state index >= 15 is 0 Å². The van der Waals surface area contributed by atoms with Crippen molar-refractivity contribution < 1.29 is 4.92 Å². The summed E-state index contributed by atoms with van der Waals surface area (Å²) in [5.41, 5.74) is 1.91. The summed E-state index contributed by atoms with van der Waals surface area (Å²) in [6.07, 6.45) is 0.863. The van der Waals surface area contributed by atoms with Gasteiger partial charge in [-0.15, -0.1) is 0 Å². The fourth-order valence-electron chi connectivity index (χ4n) is 1.54. The molecule has 68 valence electrons. The predicted molar refractivity (Wildman–Crippen MR) is 53.1 cm³/mol. The maximum absolute atomic E-state index is 10.7. The fraction of sp³-hybridized carbons (Fsp3) is 0.250. The number of rotatable bonds is 1. The van der Waals surface area contributed by atoms with E-state index in [1.807, 2.05) is 6.07 Å². The first-order valence-electron chi connectivity index (χ1n) is 3.90. The lowest BCUT2D eigenvalue weighted by Crippen LogP contribution is -2.05. The Labute approximate surface area is 83.6 Å². The fourth-order valence-corrected chi connectivity index (χ4v) is 2.12. The third-order valence-corrected chi connectivity index (χ3v) is 2.82. The minimum Gasteiger partial charge on any atom is -0.302 e. The van der Waals surface area contributed by atoms with Gasteiger partial charge in [-0.3, -0.25) is 10.1 Å². The molecule has 2 rings (SSSR count). The molecule has 1 aliphatic heterocycles. The van der Waals surface area contributed by atoms with Crippen LogP contribution in [0.5, 0.6) is 0 Å². The lowest BCUT2D eigenvalue weighted by molar-refractivity contribution is -0.384. The van der Waals surface area contributed by atoms with E-state index in [0.29, 0.717) is 5.69 Å². The van der Waals surface area contributed by atoms with Crippen molar-refractivity contribution >= 4 is 27.5 Å². The van der Waals surface area contributed by atoms with E-state index in [-0.39, 0.29) is 10.6 Å². The lowest BCUT2D eigenvalue weighted by atomic mass is 10.1. The van der Waals surface area contributed by atoms with E-state index in [0.717, 1.165) is 18.5 Å². The summed E-state index contributed by atoms with van der Waals surface area (Å²) >= 11 is 3.29. The number of hydrogen-bond donors (Lipinski definition) is 0. The van der Waals surface area contributed by atoms with Crippen molar-refractivity contribution in [3.8, 4) is 0 Å². The van der Waals surface area contributed by atoms with E-state index in [2.05, 4.69) is 16.1 Å². The largest absolute Gasteiger partial charge is 0.302 e. The van der Waals surface area contributed by atoms with E-state index in [1.54, 1.807) is 9.99 Å². The summed E-state index contributed by atoms with van der Waals surface area (Å²) in [5, 5.41) is 10.7. The van der Waals surface area contributed by atoms with Gasteiger partial charge in [-0.2, -0.15) is 0 Å². The number of benzene rings is 1. The van der Waals surface area contributed by atoms with Crippen molar-refractivity contribution in [3.63, 3.8) is 0 Å². The zero-order valence-corrected chi connectivity index (χ0v) is 8.32. The zero-order chi connectivity index (χ0) is 9.42. The van der Waals surface area contributed by atoms with E-state index in [1.165, 1.54) is 6.07 Å². The molecule has 0 unspecified atom stereocenters. The van der Waals surface area contributed by atoms with Gasteiger partial charge < -0.3 is 3.93 Å². The van der Waals surface area contributed by atoms with Gasteiger partial charge in [-0.05, 0) is 12.0 Å². The first-order chi connectivity index (χ1) is 6.20. The monoisotopic (exact) mass is 242 g/mol.